The molecule has 2 aromatic carbocycles. The van der Waals surface area contributed by atoms with Gasteiger partial charge in [-0.05, 0) is 78.1 Å². The normalized spacial score (nSPS) is 15.5. The van der Waals surface area contributed by atoms with E-state index >= 15 is 0 Å². The number of hydrogen-bond donors (Lipinski definition) is 2. The van der Waals surface area contributed by atoms with Crippen LogP contribution in [0.1, 0.15) is 55.1 Å². The highest BCUT2D eigenvalue weighted by Crippen LogP contribution is 2.30. The van der Waals surface area contributed by atoms with Crippen LogP contribution in [0.4, 0.5) is 5.69 Å². The van der Waals surface area contributed by atoms with Crippen molar-refractivity contribution in [1.82, 2.24) is 5.32 Å². The van der Waals surface area contributed by atoms with Crippen LogP contribution in [0.15, 0.2) is 48.0 Å². The fourth-order valence-corrected chi connectivity index (χ4v) is 3.60. The van der Waals surface area contributed by atoms with Gasteiger partial charge < -0.3 is 15.4 Å². The molecular weight excluding hydrogens is 372 g/mol. The van der Waals surface area contributed by atoms with Gasteiger partial charge in [-0.25, -0.2) is 0 Å². The van der Waals surface area contributed by atoms with E-state index in [9.17, 15) is 4.79 Å². The standard InChI is InChI=1S/C26H32N2O2/c1-26(2,3)17-27-15-19-12-21-6-9-23(14-22(21)13-19)28-25(29)20-7-10-24(11-8-20)30-16-18-4-5-18/h6-11,13-14,18,27H,4-5,12,15-17H2,1-3H3,(H,28,29). The Bertz CT molecular complexity index is 934. The molecule has 1 amide bonds. The zero-order chi connectivity index (χ0) is 21.1. The first-order valence-electron chi connectivity index (χ1n) is 10.9. The molecule has 0 atom stereocenters. The van der Waals surface area contributed by atoms with Gasteiger partial charge in [-0.3, -0.25) is 4.79 Å². The summed E-state index contributed by atoms with van der Waals surface area (Å²) >= 11 is 0. The van der Waals surface area contributed by atoms with Gasteiger partial charge in [-0.2, -0.15) is 0 Å². The van der Waals surface area contributed by atoms with Crippen molar-refractivity contribution in [3.63, 3.8) is 0 Å². The fourth-order valence-electron chi connectivity index (χ4n) is 3.60. The van der Waals surface area contributed by atoms with E-state index in [-0.39, 0.29) is 11.3 Å². The minimum atomic E-state index is -0.0993. The molecule has 2 aliphatic carbocycles. The Morgan fingerprint density at radius 1 is 1.10 bits per heavy atom. The van der Waals surface area contributed by atoms with Crippen molar-refractivity contribution in [3.8, 4) is 5.75 Å². The maximum atomic E-state index is 12.6. The zero-order valence-corrected chi connectivity index (χ0v) is 18.3. The summed E-state index contributed by atoms with van der Waals surface area (Å²) in [6, 6.07) is 13.6. The minimum absolute atomic E-state index is 0.0993. The van der Waals surface area contributed by atoms with E-state index in [2.05, 4.69) is 49.6 Å². The maximum absolute atomic E-state index is 12.6. The number of nitrogens with one attached hydrogen (secondary N) is 2. The monoisotopic (exact) mass is 404 g/mol. The number of ether oxygens (including phenoxy) is 1. The molecule has 0 bridgehead atoms. The molecule has 1 fully saturated rings. The topological polar surface area (TPSA) is 50.4 Å². The molecule has 0 aromatic heterocycles. The number of carbonyl (C=O) groups excluding carboxylic acids is 1. The quantitative estimate of drug-likeness (QED) is 0.627. The van der Waals surface area contributed by atoms with Gasteiger partial charge in [0.1, 0.15) is 5.75 Å². The molecule has 2 aromatic rings. The maximum Gasteiger partial charge on any atom is 0.255 e. The summed E-state index contributed by atoms with van der Waals surface area (Å²) in [6.45, 7) is 9.39. The summed E-state index contributed by atoms with van der Waals surface area (Å²) in [4.78, 5) is 12.6. The second-order valence-corrected chi connectivity index (χ2v) is 9.79. The van der Waals surface area contributed by atoms with Crippen LogP contribution in [0, 0.1) is 11.3 Å². The minimum Gasteiger partial charge on any atom is -0.493 e. The molecule has 0 spiro atoms. The molecular formula is C26H32N2O2. The van der Waals surface area contributed by atoms with E-state index in [4.69, 9.17) is 4.74 Å². The Labute approximate surface area is 179 Å². The Hall–Kier alpha value is -2.59. The van der Waals surface area contributed by atoms with Gasteiger partial charge in [0.15, 0.2) is 0 Å². The first kappa shape index (κ1) is 20.7. The summed E-state index contributed by atoms with van der Waals surface area (Å²) in [7, 11) is 0. The molecule has 0 aliphatic heterocycles. The molecule has 158 valence electrons. The summed E-state index contributed by atoms with van der Waals surface area (Å²) in [5.74, 6) is 1.45. The lowest BCUT2D eigenvalue weighted by atomic mass is 9.97. The highest BCUT2D eigenvalue weighted by Gasteiger charge is 2.22. The first-order valence-corrected chi connectivity index (χ1v) is 10.9. The average molecular weight is 405 g/mol. The third-order valence-electron chi connectivity index (χ3n) is 5.49. The molecule has 4 rings (SSSR count). The summed E-state index contributed by atoms with van der Waals surface area (Å²) in [5.41, 5.74) is 5.65. The Balaban J connectivity index is 1.33. The SMILES string of the molecule is CC(C)(C)CNCC1=Cc2cc(NC(=O)c3ccc(OCC4CC4)cc3)ccc2C1. The Kier molecular flexibility index (Phi) is 5.96. The van der Waals surface area contributed by atoms with E-state index in [1.807, 2.05) is 30.3 Å². The van der Waals surface area contributed by atoms with Gasteiger partial charge in [0.25, 0.3) is 5.91 Å². The van der Waals surface area contributed by atoms with Gasteiger partial charge in [0.2, 0.25) is 0 Å². The van der Waals surface area contributed by atoms with E-state index in [0.717, 1.165) is 43.5 Å². The van der Waals surface area contributed by atoms with Gasteiger partial charge in [-0.1, -0.05) is 38.5 Å². The molecule has 4 heteroatoms. The Morgan fingerprint density at radius 3 is 2.57 bits per heavy atom. The van der Waals surface area contributed by atoms with Crippen molar-refractivity contribution in [2.75, 3.05) is 25.0 Å². The van der Waals surface area contributed by atoms with Crippen molar-refractivity contribution in [1.29, 1.82) is 0 Å². The molecule has 1 saturated carbocycles. The molecule has 4 nitrogen and oxygen atoms in total. The number of rotatable bonds is 8. The Morgan fingerprint density at radius 2 is 1.87 bits per heavy atom. The van der Waals surface area contributed by atoms with Crippen LogP contribution in [0.3, 0.4) is 0 Å². The number of hydrogen-bond acceptors (Lipinski definition) is 3. The number of anilines is 1. The van der Waals surface area contributed by atoms with Gasteiger partial charge in [0, 0.05) is 24.3 Å². The second kappa shape index (κ2) is 8.65. The number of carbonyl (C=O) groups is 1. The summed E-state index contributed by atoms with van der Waals surface area (Å²) in [6.07, 6.45) is 5.76. The van der Waals surface area contributed by atoms with Crippen LogP contribution in [-0.4, -0.2) is 25.6 Å². The lowest BCUT2D eigenvalue weighted by Crippen LogP contribution is -2.28. The van der Waals surface area contributed by atoms with Gasteiger partial charge >= 0.3 is 0 Å². The summed E-state index contributed by atoms with van der Waals surface area (Å²) < 4.78 is 5.75. The predicted octanol–water partition coefficient (Wildman–Crippen LogP) is 5.30. The van der Waals surface area contributed by atoms with E-state index in [1.165, 1.54) is 29.5 Å². The van der Waals surface area contributed by atoms with Crippen LogP contribution >= 0.6 is 0 Å². The number of amides is 1. The average Bonchev–Trinajstić information content (AvgIpc) is 3.44. The van der Waals surface area contributed by atoms with E-state index in [0.29, 0.717) is 5.56 Å². The molecule has 0 saturated heterocycles. The molecule has 0 radical (unpaired) electrons. The summed E-state index contributed by atoms with van der Waals surface area (Å²) in [5, 5.41) is 6.57. The zero-order valence-electron chi connectivity index (χ0n) is 18.3. The van der Waals surface area contributed by atoms with Crippen molar-refractivity contribution < 1.29 is 9.53 Å². The van der Waals surface area contributed by atoms with Crippen LogP contribution in [0.5, 0.6) is 5.75 Å². The van der Waals surface area contributed by atoms with Crippen molar-refractivity contribution in [2.45, 2.75) is 40.0 Å². The molecule has 2 aliphatic rings. The molecule has 30 heavy (non-hydrogen) atoms. The first-order chi connectivity index (χ1) is 14.4. The highest BCUT2D eigenvalue weighted by molar-refractivity contribution is 6.04. The molecule has 0 heterocycles. The lowest BCUT2D eigenvalue weighted by Gasteiger charge is -2.19. The van der Waals surface area contributed by atoms with Crippen molar-refractivity contribution in [2.24, 2.45) is 11.3 Å². The molecule has 2 N–H and O–H groups in total. The van der Waals surface area contributed by atoms with E-state index in [1.54, 1.807) is 0 Å². The third-order valence-corrected chi connectivity index (χ3v) is 5.49. The smallest absolute Gasteiger partial charge is 0.255 e. The fraction of sp³-hybridized carbons (Fsp3) is 0.423. The van der Waals surface area contributed by atoms with Crippen molar-refractivity contribution >= 4 is 17.7 Å². The van der Waals surface area contributed by atoms with Crippen LogP contribution < -0.4 is 15.4 Å². The van der Waals surface area contributed by atoms with Crippen LogP contribution in [0.25, 0.3) is 6.08 Å². The van der Waals surface area contributed by atoms with E-state index < -0.39 is 0 Å². The number of fused-ring (bicyclic) bond motifs is 1. The van der Waals surface area contributed by atoms with Gasteiger partial charge in [0.05, 0.1) is 6.61 Å². The van der Waals surface area contributed by atoms with Gasteiger partial charge in [-0.15, -0.1) is 0 Å². The lowest BCUT2D eigenvalue weighted by molar-refractivity contribution is 0.102. The number of benzene rings is 2. The third kappa shape index (κ3) is 5.73. The molecule has 0 unspecified atom stereocenters. The van der Waals surface area contributed by atoms with Crippen LogP contribution in [0.2, 0.25) is 0 Å². The predicted molar refractivity (Wildman–Crippen MR) is 123 cm³/mol. The van der Waals surface area contributed by atoms with Crippen molar-refractivity contribution in [3.05, 3.63) is 64.7 Å². The van der Waals surface area contributed by atoms with Crippen LogP contribution in [-0.2, 0) is 6.42 Å². The highest BCUT2D eigenvalue weighted by atomic mass is 16.5. The largest absolute Gasteiger partial charge is 0.493 e. The second-order valence-electron chi connectivity index (χ2n) is 9.79.